The Labute approximate surface area is 324 Å². The molecule has 2 aliphatic heterocycles. The summed E-state index contributed by atoms with van der Waals surface area (Å²) in [6.07, 6.45) is 0. The lowest BCUT2D eigenvalue weighted by molar-refractivity contribution is -0.141. The molecule has 0 unspecified atom stereocenters. The number of primary amides is 1. The number of thiocarbonyl (C=S) groups is 1. The summed E-state index contributed by atoms with van der Waals surface area (Å²) in [5.41, 5.74) is 14.5. The number of carbonyl (C=O) groups excluding carboxylic acids is 5. The molecule has 0 aromatic heterocycles. The fourth-order valence-electron chi connectivity index (χ4n) is 6.96. The van der Waals surface area contributed by atoms with Gasteiger partial charge in [0.1, 0.15) is 4.99 Å². The van der Waals surface area contributed by atoms with Gasteiger partial charge in [0.05, 0.1) is 67.2 Å². The van der Waals surface area contributed by atoms with Gasteiger partial charge in [0.2, 0.25) is 0 Å². The van der Waals surface area contributed by atoms with Crippen LogP contribution in [0, 0.1) is 0 Å². The van der Waals surface area contributed by atoms with E-state index in [9.17, 15) is 24.0 Å². The van der Waals surface area contributed by atoms with Gasteiger partial charge in [-0.2, -0.15) is 0 Å². The Morgan fingerprint density at radius 1 is 0.704 bits per heavy atom. The molecule has 4 N–H and O–H groups in total. The topological polar surface area (TPSA) is 184 Å². The van der Waals surface area contributed by atoms with E-state index in [2.05, 4.69) is 12.8 Å². The van der Waals surface area contributed by atoms with Gasteiger partial charge in [-0.1, -0.05) is 61.4 Å². The van der Waals surface area contributed by atoms with E-state index < -0.39 is 41.7 Å². The predicted octanol–water partition coefficient (Wildman–Crippen LogP) is 5.03. The van der Waals surface area contributed by atoms with Crippen LogP contribution in [-0.4, -0.2) is 72.3 Å². The third-order valence-electron chi connectivity index (χ3n) is 9.18. The largest absolute Gasteiger partial charge is 0.466 e. The summed E-state index contributed by atoms with van der Waals surface area (Å²) in [6, 6.07) is 12.5. The number of methoxy groups -OCH3 is 2. The van der Waals surface area contributed by atoms with Crippen LogP contribution in [-0.2, 0) is 38.1 Å². The van der Waals surface area contributed by atoms with Crippen LogP contribution in [0.2, 0.25) is 0 Å². The van der Waals surface area contributed by atoms with E-state index in [-0.39, 0.29) is 69.0 Å². The van der Waals surface area contributed by atoms with Crippen molar-refractivity contribution in [3.63, 3.8) is 0 Å². The Balaban J connectivity index is 2.17. The Morgan fingerprint density at radius 3 is 1.56 bits per heavy atom. The molecule has 0 saturated heterocycles. The number of amides is 2. The third-order valence-corrected chi connectivity index (χ3v) is 9.83. The molecule has 0 spiro atoms. The van der Waals surface area contributed by atoms with Crippen molar-refractivity contribution in [2.24, 2.45) is 11.5 Å². The number of nitrogens with zero attached hydrogens (tertiary/aromatic N) is 3. The predicted molar refractivity (Wildman–Crippen MR) is 207 cm³/mol. The molecule has 0 saturated carbocycles. The summed E-state index contributed by atoms with van der Waals surface area (Å²) < 4.78 is 22.7. The number of benzene rings is 2. The number of ether oxygens (including phenoxy) is 4. The van der Waals surface area contributed by atoms with Crippen LogP contribution < -0.4 is 15.8 Å². The Bertz CT molecular complexity index is 1970. The van der Waals surface area contributed by atoms with E-state index in [1.165, 1.54) is 14.2 Å². The molecule has 2 aliphatic rings. The first-order chi connectivity index (χ1) is 25.6. The number of hydrazine groups is 1. The average Bonchev–Trinajstić information content (AvgIpc) is 3.14. The van der Waals surface area contributed by atoms with E-state index in [0.717, 1.165) is 4.31 Å². The summed E-state index contributed by atoms with van der Waals surface area (Å²) in [5, 5.41) is 3.11. The molecule has 0 atom stereocenters. The molecule has 2 aromatic rings. The molecule has 286 valence electrons. The molecule has 54 heavy (non-hydrogen) atoms. The fraction of sp³-hybridized carbons (Fsp3) is 0.316. The Kier molecular flexibility index (Phi) is 13.0. The maximum Gasteiger partial charge on any atom is 0.336 e. The number of carbonyl (C=O) groups is 5. The highest BCUT2D eigenvalue weighted by Gasteiger charge is 2.47. The van der Waals surface area contributed by atoms with Gasteiger partial charge in [0, 0.05) is 28.4 Å². The van der Waals surface area contributed by atoms with Gasteiger partial charge in [-0.05, 0) is 64.8 Å². The highest BCUT2D eigenvalue weighted by atomic mass is 32.1. The van der Waals surface area contributed by atoms with Crippen LogP contribution in [0.25, 0.3) is 0 Å². The van der Waals surface area contributed by atoms with Gasteiger partial charge < -0.3 is 30.4 Å². The van der Waals surface area contributed by atoms with E-state index in [1.54, 1.807) is 100 Å². The molecular formula is C38H43N5O9S2. The third kappa shape index (κ3) is 7.43. The van der Waals surface area contributed by atoms with Crippen LogP contribution in [0.5, 0.6) is 0 Å². The molecule has 2 amide bonds. The minimum absolute atomic E-state index is 0.00342. The van der Waals surface area contributed by atoms with Crippen molar-refractivity contribution in [2.45, 2.75) is 53.4 Å². The van der Waals surface area contributed by atoms with Gasteiger partial charge in [-0.3, -0.25) is 10.0 Å². The summed E-state index contributed by atoms with van der Waals surface area (Å²) in [4.78, 5) is 68.1. The maximum absolute atomic E-state index is 14.1. The Hall–Kier alpha value is -5.61. The van der Waals surface area contributed by atoms with Crippen LogP contribution >= 0.6 is 25.0 Å². The number of hydrogen-bond donors (Lipinski definition) is 3. The summed E-state index contributed by atoms with van der Waals surface area (Å²) in [6.45, 7) is 9.87. The summed E-state index contributed by atoms with van der Waals surface area (Å²) in [5.74, 6) is -5.20. The number of rotatable bonds is 11. The average molecular weight is 778 g/mol. The molecule has 0 aliphatic carbocycles. The van der Waals surface area contributed by atoms with E-state index in [1.807, 2.05) is 0 Å². The van der Waals surface area contributed by atoms with Crippen molar-refractivity contribution in [1.29, 1.82) is 0 Å². The smallest absolute Gasteiger partial charge is 0.336 e. The lowest BCUT2D eigenvalue weighted by Crippen LogP contribution is -2.47. The van der Waals surface area contributed by atoms with Crippen molar-refractivity contribution in [3.8, 4) is 0 Å². The van der Waals surface area contributed by atoms with E-state index in [4.69, 9.17) is 42.6 Å². The summed E-state index contributed by atoms with van der Waals surface area (Å²) in [7, 11) is 2.43. The summed E-state index contributed by atoms with van der Waals surface area (Å²) >= 11 is 9.58. The molecular weight excluding hydrogens is 735 g/mol. The van der Waals surface area contributed by atoms with Gasteiger partial charge in [-0.15, -0.1) is 0 Å². The van der Waals surface area contributed by atoms with Crippen molar-refractivity contribution in [1.82, 2.24) is 10.0 Å². The van der Waals surface area contributed by atoms with Crippen molar-refractivity contribution in [2.75, 3.05) is 31.7 Å². The van der Waals surface area contributed by atoms with Gasteiger partial charge in [0.15, 0.2) is 0 Å². The lowest BCUT2D eigenvalue weighted by atomic mass is 9.77. The molecule has 16 heteroatoms. The first-order valence-electron chi connectivity index (χ1n) is 16.8. The fourth-order valence-corrected chi connectivity index (χ4v) is 7.27. The van der Waals surface area contributed by atoms with E-state index >= 15 is 0 Å². The monoisotopic (exact) mass is 777 g/mol. The number of urea groups is 1. The molecule has 2 heterocycles. The minimum atomic E-state index is -1.09. The zero-order chi connectivity index (χ0) is 40.2. The standard InChI is InChI=1S/C38H43N5O9S2/c1-9-51-36(46)27-19(3)41(20(4)28(37(47)52-10-2)31(27)23-14-13-15-24(18-23)43(54)38(40)48)42-21(5)29(34(44)49-7)32(30(22(42)6)35(45)50-8)25-16-11-12-17-26(25)33(39)53/h11-18,31-32,54H,9-10H2,1-8H3,(H2,39,53)(H2,40,48). The minimum Gasteiger partial charge on any atom is -0.466 e. The van der Waals surface area contributed by atoms with Gasteiger partial charge in [0.25, 0.3) is 0 Å². The second-order valence-electron chi connectivity index (χ2n) is 12.1. The number of allylic oxidation sites excluding steroid dienone is 4. The van der Waals surface area contributed by atoms with Crippen LogP contribution in [0.4, 0.5) is 10.5 Å². The maximum atomic E-state index is 14.1. The number of anilines is 1. The van der Waals surface area contributed by atoms with Crippen molar-refractivity contribution >= 4 is 65.6 Å². The molecule has 14 nitrogen and oxygen atoms in total. The normalized spacial score (nSPS) is 15.4. The van der Waals surface area contributed by atoms with Gasteiger partial charge in [-0.25, -0.2) is 28.3 Å². The Morgan fingerprint density at radius 2 is 1.15 bits per heavy atom. The number of hydrogen-bond acceptors (Lipinski definition) is 13. The number of nitrogens with two attached hydrogens (primary N) is 2. The second-order valence-corrected chi connectivity index (χ2v) is 12.9. The highest BCUT2D eigenvalue weighted by molar-refractivity contribution is 7.82. The first kappa shape index (κ1) is 41.2. The molecule has 0 radical (unpaired) electrons. The number of esters is 4. The lowest BCUT2D eigenvalue weighted by Gasteiger charge is -2.48. The van der Waals surface area contributed by atoms with Crippen LogP contribution in [0.15, 0.2) is 93.6 Å². The number of thiol groups is 1. The molecule has 4 rings (SSSR count). The zero-order valence-corrected chi connectivity index (χ0v) is 32.9. The van der Waals surface area contributed by atoms with Crippen molar-refractivity contribution < 1.29 is 42.9 Å². The van der Waals surface area contributed by atoms with Crippen LogP contribution in [0.3, 0.4) is 0 Å². The van der Waals surface area contributed by atoms with E-state index in [0.29, 0.717) is 16.7 Å². The quantitative estimate of drug-likeness (QED) is 0.120. The molecule has 0 bridgehead atoms. The van der Waals surface area contributed by atoms with Crippen LogP contribution in [0.1, 0.15) is 70.1 Å². The second kappa shape index (κ2) is 17.0. The first-order valence-corrected chi connectivity index (χ1v) is 17.6. The SMILES string of the molecule is CCOC(=O)C1=C(C)N(N2C(C)=C(C(=O)OC)C(c3ccccc3C(N)=S)C(C(=O)OC)=C2C)C(C)=C(C(=O)OCC)C1c1cccc(N(S)C(N)=O)c1. The molecule has 0 fully saturated rings. The molecule has 2 aromatic carbocycles. The van der Waals surface area contributed by atoms with Gasteiger partial charge >= 0.3 is 29.9 Å². The van der Waals surface area contributed by atoms with Crippen molar-refractivity contribution in [3.05, 3.63) is 110 Å². The highest BCUT2D eigenvalue weighted by Crippen LogP contribution is 2.49. The zero-order valence-electron chi connectivity index (χ0n) is 31.2.